The van der Waals surface area contributed by atoms with E-state index in [1.54, 1.807) is 12.1 Å². The van der Waals surface area contributed by atoms with Gasteiger partial charge in [-0.05, 0) is 30.5 Å². The number of rotatable bonds is 3. The van der Waals surface area contributed by atoms with Gasteiger partial charge in [0.1, 0.15) is 5.82 Å². The van der Waals surface area contributed by atoms with Crippen molar-refractivity contribution < 1.29 is 9.18 Å². The second-order valence-corrected chi connectivity index (χ2v) is 4.73. The van der Waals surface area contributed by atoms with Crippen LogP contribution in [0, 0.1) is 5.82 Å². The molecule has 1 heterocycles. The molecule has 17 heavy (non-hydrogen) atoms. The topological polar surface area (TPSA) is 29.1 Å². The van der Waals surface area contributed by atoms with Crippen LogP contribution >= 0.6 is 0 Å². The number of hydrogen-bond acceptors (Lipinski definition) is 1. The van der Waals surface area contributed by atoms with Gasteiger partial charge >= 0.3 is 0 Å². The third-order valence-corrected chi connectivity index (χ3v) is 3.92. The molecule has 1 amide bonds. The van der Waals surface area contributed by atoms with E-state index in [9.17, 15) is 9.18 Å². The Balaban J connectivity index is 2.46. The van der Waals surface area contributed by atoms with Crippen molar-refractivity contribution in [3.63, 3.8) is 0 Å². The third-order valence-electron chi connectivity index (χ3n) is 3.92. The van der Waals surface area contributed by atoms with Crippen LogP contribution in [-0.4, -0.2) is 11.9 Å². The number of amides is 1. The molecule has 0 aliphatic carbocycles. The Hall–Kier alpha value is -1.38. The Morgan fingerprint density at radius 3 is 2.82 bits per heavy atom. The Bertz CT molecular complexity index is 432. The molecule has 1 aromatic carbocycles. The van der Waals surface area contributed by atoms with Gasteiger partial charge in [-0.2, -0.15) is 0 Å². The average molecular weight is 235 g/mol. The zero-order chi connectivity index (χ0) is 12.5. The van der Waals surface area contributed by atoms with E-state index in [0.717, 1.165) is 18.4 Å². The molecule has 0 saturated carbocycles. The molecule has 2 atom stereocenters. The molecule has 1 aliphatic rings. The average Bonchev–Trinajstić information content (AvgIpc) is 2.66. The summed E-state index contributed by atoms with van der Waals surface area (Å²) >= 11 is 0. The Labute approximate surface area is 101 Å². The first kappa shape index (κ1) is 12.1. The highest BCUT2D eigenvalue weighted by molar-refractivity contribution is 5.81. The predicted octanol–water partition coefficient (Wildman–Crippen LogP) is 2.77. The molecule has 92 valence electrons. The number of hydrogen-bond donors (Lipinski definition) is 1. The van der Waals surface area contributed by atoms with Gasteiger partial charge < -0.3 is 5.32 Å². The van der Waals surface area contributed by atoms with E-state index < -0.39 is 0 Å². The lowest BCUT2D eigenvalue weighted by Crippen LogP contribution is -2.39. The van der Waals surface area contributed by atoms with Crippen LogP contribution in [0.4, 0.5) is 4.39 Å². The number of carbonyl (C=O) groups excluding carboxylic acids is 1. The molecule has 0 aromatic heterocycles. The number of benzene rings is 1. The lowest BCUT2D eigenvalue weighted by atomic mass is 9.71. The van der Waals surface area contributed by atoms with E-state index in [0.29, 0.717) is 6.42 Å². The molecule has 1 aromatic rings. The molecule has 1 N–H and O–H groups in total. The summed E-state index contributed by atoms with van der Waals surface area (Å²) in [7, 11) is 0. The summed E-state index contributed by atoms with van der Waals surface area (Å²) in [6, 6.07) is 6.76. The first-order valence-electron chi connectivity index (χ1n) is 6.17. The summed E-state index contributed by atoms with van der Waals surface area (Å²) in [5.74, 6) is -0.160. The molecule has 1 fully saturated rings. The molecule has 2 nitrogen and oxygen atoms in total. The second-order valence-electron chi connectivity index (χ2n) is 4.73. The zero-order valence-electron chi connectivity index (χ0n) is 10.3. The van der Waals surface area contributed by atoms with Crippen LogP contribution in [0.2, 0.25) is 0 Å². The van der Waals surface area contributed by atoms with Crippen molar-refractivity contribution in [2.45, 2.75) is 44.6 Å². The summed E-state index contributed by atoms with van der Waals surface area (Å²) < 4.78 is 13.3. The van der Waals surface area contributed by atoms with E-state index in [1.807, 2.05) is 6.07 Å². The minimum absolute atomic E-state index is 0.0722. The summed E-state index contributed by atoms with van der Waals surface area (Å²) in [6.07, 6.45) is 2.18. The van der Waals surface area contributed by atoms with Crippen LogP contribution in [0.25, 0.3) is 0 Å². The van der Waals surface area contributed by atoms with Crippen LogP contribution < -0.4 is 5.32 Å². The maximum atomic E-state index is 13.3. The molecule has 1 saturated heterocycles. The summed E-state index contributed by atoms with van der Waals surface area (Å²) in [5.41, 5.74) is 0.693. The number of carbonyl (C=O) groups is 1. The Morgan fingerprint density at radius 2 is 2.24 bits per heavy atom. The zero-order valence-corrected chi connectivity index (χ0v) is 10.3. The van der Waals surface area contributed by atoms with E-state index in [4.69, 9.17) is 0 Å². The summed E-state index contributed by atoms with van der Waals surface area (Å²) in [5, 5.41) is 3.00. The lowest BCUT2D eigenvalue weighted by molar-refractivity contribution is -0.119. The van der Waals surface area contributed by atoms with Crippen LogP contribution in [0.5, 0.6) is 0 Å². The SMILES string of the molecule is CCC1NC(=O)CC1(CC)c1cccc(F)c1. The van der Waals surface area contributed by atoms with Gasteiger partial charge in [0.05, 0.1) is 0 Å². The van der Waals surface area contributed by atoms with Crippen LogP contribution in [0.15, 0.2) is 24.3 Å². The summed E-state index contributed by atoms with van der Waals surface area (Å²) in [6.45, 7) is 4.12. The van der Waals surface area contributed by atoms with Crippen molar-refractivity contribution in [1.29, 1.82) is 0 Å². The molecule has 0 bridgehead atoms. The van der Waals surface area contributed by atoms with Gasteiger partial charge in [-0.15, -0.1) is 0 Å². The standard InChI is InChI=1S/C14H18FNO/c1-3-12-14(4-2,9-13(17)16-12)10-6-5-7-11(15)8-10/h5-8,12H,3-4,9H2,1-2H3,(H,16,17). The second kappa shape index (κ2) is 4.47. The van der Waals surface area contributed by atoms with E-state index >= 15 is 0 Å². The van der Waals surface area contributed by atoms with Gasteiger partial charge in [0, 0.05) is 17.9 Å². The smallest absolute Gasteiger partial charge is 0.221 e. The molecule has 0 radical (unpaired) electrons. The third kappa shape index (κ3) is 1.94. The maximum Gasteiger partial charge on any atom is 0.221 e. The largest absolute Gasteiger partial charge is 0.352 e. The van der Waals surface area contributed by atoms with Gasteiger partial charge in [-0.3, -0.25) is 4.79 Å². The summed E-state index contributed by atoms with van der Waals surface area (Å²) in [4.78, 5) is 11.6. The fraction of sp³-hybridized carbons (Fsp3) is 0.500. The minimum Gasteiger partial charge on any atom is -0.352 e. The van der Waals surface area contributed by atoms with Crippen LogP contribution in [0.3, 0.4) is 0 Å². The molecule has 2 rings (SSSR count). The highest BCUT2D eigenvalue weighted by atomic mass is 19.1. The fourth-order valence-electron chi connectivity index (χ4n) is 2.96. The Morgan fingerprint density at radius 1 is 1.47 bits per heavy atom. The fourth-order valence-corrected chi connectivity index (χ4v) is 2.96. The van der Waals surface area contributed by atoms with Gasteiger partial charge in [0.2, 0.25) is 5.91 Å². The highest BCUT2D eigenvalue weighted by Gasteiger charge is 2.45. The van der Waals surface area contributed by atoms with Crippen LogP contribution in [0.1, 0.15) is 38.7 Å². The number of halogens is 1. The van der Waals surface area contributed by atoms with Gasteiger partial charge in [-0.25, -0.2) is 4.39 Å². The van der Waals surface area contributed by atoms with Crippen molar-refractivity contribution in [3.8, 4) is 0 Å². The van der Waals surface area contributed by atoms with E-state index in [1.165, 1.54) is 6.07 Å². The van der Waals surface area contributed by atoms with E-state index in [-0.39, 0.29) is 23.2 Å². The van der Waals surface area contributed by atoms with Gasteiger partial charge in [-0.1, -0.05) is 26.0 Å². The van der Waals surface area contributed by atoms with Crippen molar-refractivity contribution in [3.05, 3.63) is 35.6 Å². The predicted molar refractivity (Wildman–Crippen MR) is 65.2 cm³/mol. The van der Waals surface area contributed by atoms with Crippen molar-refractivity contribution in [2.75, 3.05) is 0 Å². The van der Waals surface area contributed by atoms with Crippen molar-refractivity contribution in [2.24, 2.45) is 0 Å². The van der Waals surface area contributed by atoms with Gasteiger partial charge in [0.25, 0.3) is 0 Å². The quantitative estimate of drug-likeness (QED) is 0.857. The lowest BCUT2D eigenvalue weighted by Gasteiger charge is -2.33. The Kier molecular flexibility index (Phi) is 3.18. The van der Waals surface area contributed by atoms with Crippen molar-refractivity contribution in [1.82, 2.24) is 5.32 Å². The van der Waals surface area contributed by atoms with Gasteiger partial charge in [0.15, 0.2) is 0 Å². The normalized spacial score (nSPS) is 28.2. The first-order valence-corrected chi connectivity index (χ1v) is 6.17. The molecule has 2 unspecified atom stereocenters. The molecule has 0 spiro atoms. The molecular formula is C14H18FNO. The minimum atomic E-state index is -0.242. The molecular weight excluding hydrogens is 217 g/mol. The van der Waals surface area contributed by atoms with Crippen LogP contribution in [-0.2, 0) is 10.2 Å². The van der Waals surface area contributed by atoms with E-state index in [2.05, 4.69) is 19.2 Å². The number of nitrogens with one attached hydrogen (secondary N) is 1. The first-order chi connectivity index (χ1) is 8.12. The molecule has 3 heteroatoms. The maximum absolute atomic E-state index is 13.3. The highest BCUT2D eigenvalue weighted by Crippen LogP contribution is 2.40. The monoisotopic (exact) mass is 235 g/mol. The molecule has 1 aliphatic heterocycles. The van der Waals surface area contributed by atoms with Crippen molar-refractivity contribution >= 4 is 5.91 Å².